The minimum absolute atomic E-state index is 0.717. The highest BCUT2D eigenvalue weighted by Crippen LogP contribution is 2.28. The van der Waals surface area contributed by atoms with E-state index in [0.717, 1.165) is 23.3 Å². The predicted molar refractivity (Wildman–Crippen MR) is 82.4 cm³/mol. The number of hydrogen-bond acceptors (Lipinski definition) is 3. The molecule has 2 rings (SSSR count). The van der Waals surface area contributed by atoms with Crippen LogP contribution in [-0.2, 0) is 0 Å². The molecule has 0 aromatic rings. The maximum atomic E-state index is 3.92. The van der Waals surface area contributed by atoms with Crippen molar-refractivity contribution in [3.8, 4) is 0 Å². The number of hydrogen-bond donors (Lipinski definition) is 1. The van der Waals surface area contributed by atoms with Gasteiger partial charge in [-0.3, -0.25) is 0 Å². The number of piperidine rings is 1. The average molecular weight is 270 g/mol. The maximum Gasteiger partial charge on any atom is 0.00705 e. The molecule has 2 aliphatic rings. The number of thioether (sulfide) groups is 1. The molecule has 0 bridgehead atoms. The summed E-state index contributed by atoms with van der Waals surface area (Å²) in [6, 6.07) is 1.51. The monoisotopic (exact) mass is 270 g/mol. The summed E-state index contributed by atoms with van der Waals surface area (Å²) < 4.78 is 0. The van der Waals surface area contributed by atoms with Gasteiger partial charge in [0.2, 0.25) is 0 Å². The van der Waals surface area contributed by atoms with Crippen LogP contribution in [0.3, 0.4) is 0 Å². The van der Waals surface area contributed by atoms with Crippen molar-refractivity contribution in [2.75, 3.05) is 26.4 Å². The summed E-state index contributed by atoms with van der Waals surface area (Å²) in [4.78, 5) is 2.47. The van der Waals surface area contributed by atoms with E-state index in [0.29, 0.717) is 0 Å². The zero-order valence-electron chi connectivity index (χ0n) is 12.3. The van der Waals surface area contributed by atoms with Crippen molar-refractivity contribution >= 4 is 11.8 Å². The standard InChI is InChI=1S/C15H30N2S/c1-12(13-8-10-17(2)11-9-13)16-14-4-6-15(18-3)7-5-14/h12-16H,4-11H2,1-3H3. The number of nitrogens with one attached hydrogen (secondary N) is 1. The molecule has 1 aliphatic heterocycles. The SMILES string of the molecule is CSC1CCC(NC(C)C2CCN(C)CC2)CC1. The maximum absolute atomic E-state index is 3.92. The fourth-order valence-electron chi connectivity index (χ4n) is 3.50. The molecule has 1 unspecified atom stereocenters. The van der Waals surface area contributed by atoms with Gasteiger partial charge in [-0.2, -0.15) is 11.8 Å². The van der Waals surface area contributed by atoms with E-state index in [1.807, 2.05) is 0 Å². The van der Waals surface area contributed by atoms with Crippen LogP contribution >= 0.6 is 11.8 Å². The van der Waals surface area contributed by atoms with Gasteiger partial charge in [0.15, 0.2) is 0 Å². The largest absolute Gasteiger partial charge is 0.311 e. The first-order valence-corrected chi connectivity index (χ1v) is 8.95. The van der Waals surface area contributed by atoms with Gasteiger partial charge in [-0.05, 0) is 77.8 Å². The van der Waals surface area contributed by atoms with Crippen molar-refractivity contribution in [2.24, 2.45) is 5.92 Å². The molecule has 1 atom stereocenters. The Labute approximate surface area is 117 Å². The summed E-state index contributed by atoms with van der Waals surface area (Å²) in [5.41, 5.74) is 0. The van der Waals surface area contributed by atoms with Crippen LogP contribution in [0.25, 0.3) is 0 Å². The van der Waals surface area contributed by atoms with Gasteiger partial charge < -0.3 is 10.2 Å². The average Bonchev–Trinajstić information content (AvgIpc) is 2.40. The Kier molecular flexibility index (Phi) is 5.84. The van der Waals surface area contributed by atoms with Crippen molar-refractivity contribution < 1.29 is 0 Å². The highest BCUT2D eigenvalue weighted by Gasteiger charge is 2.26. The van der Waals surface area contributed by atoms with E-state index in [1.54, 1.807) is 0 Å². The molecular formula is C15H30N2S. The van der Waals surface area contributed by atoms with Gasteiger partial charge in [-0.1, -0.05) is 0 Å². The Morgan fingerprint density at radius 1 is 1.06 bits per heavy atom. The Hall–Kier alpha value is 0.270. The molecule has 18 heavy (non-hydrogen) atoms. The third-order valence-electron chi connectivity index (χ3n) is 4.98. The second-order valence-corrected chi connectivity index (χ2v) is 7.44. The van der Waals surface area contributed by atoms with E-state index in [2.05, 4.69) is 42.2 Å². The summed E-state index contributed by atoms with van der Waals surface area (Å²) >= 11 is 2.06. The van der Waals surface area contributed by atoms with Crippen LogP contribution in [0.4, 0.5) is 0 Å². The molecule has 1 saturated carbocycles. The lowest BCUT2D eigenvalue weighted by Gasteiger charge is -2.36. The van der Waals surface area contributed by atoms with E-state index in [9.17, 15) is 0 Å². The first kappa shape index (κ1) is 14.7. The van der Waals surface area contributed by atoms with E-state index in [-0.39, 0.29) is 0 Å². The number of likely N-dealkylation sites (tertiary alicyclic amines) is 1. The van der Waals surface area contributed by atoms with Crippen molar-refractivity contribution in [2.45, 2.75) is 62.8 Å². The van der Waals surface area contributed by atoms with Crippen molar-refractivity contribution in [1.82, 2.24) is 10.2 Å². The summed E-state index contributed by atoms with van der Waals surface area (Å²) in [6.07, 6.45) is 10.6. The van der Waals surface area contributed by atoms with Gasteiger partial charge in [0.1, 0.15) is 0 Å². The molecule has 3 heteroatoms. The first-order chi connectivity index (χ1) is 8.69. The molecule has 0 amide bonds. The molecule has 0 aromatic carbocycles. The molecule has 1 saturated heterocycles. The van der Waals surface area contributed by atoms with Crippen LogP contribution in [0.15, 0.2) is 0 Å². The topological polar surface area (TPSA) is 15.3 Å². The number of rotatable bonds is 4. The Balaban J connectivity index is 1.69. The van der Waals surface area contributed by atoms with Crippen molar-refractivity contribution in [3.63, 3.8) is 0 Å². The highest BCUT2D eigenvalue weighted by atomic mass is 32.2. The Morgan fingerprint density at radius 2 is 1.67 bits per heavy atom. The Bertz CT molecular complexity index is 231. The predicted octanol–water partition coefficient (Wildman–Crippen LogP) is 2.98. The first-order valence-electron chi connectivity index (χ1n) is 7.66. The summed E-state index contributed by atoms with van der Waals surface area (Å²) in [5.74, 6) is 0.902. The van der Waals surface area contributed by atoms with Crippen LogP contribution in [0.2, 0.25) is 0 Å². The molecular weight excluding hydrogens is 240 g/mol. The van der Waals surface area contributed by atoms with Gasteiger partial charge in [-0.25, -0.2) is 0 Å². The molecule has 0 spiro atoms. The van der Waals surface area contributed by atoms with Gasteiger partial charge in [-0.15, -0.1) is 0 Å². The lowest BCUT2D eigenvalue weighted by molar-refractivity contribution is 0.178. The van der Waals surface area contributed by atoms with Crippen LogP contribution in [0, 0.1) is 5.92 Å². The van der Waals surface area contributed by atoms with E-state index < -0.39 is 0 Å². The van der Waals surface area contributed by atoms with Gasteiger partial charge >= 0.3 is 0 Å². The summed E-state index contributed by atoms with van der Waals surface area (Å²) in [5, 5.41) is 4.85. The van der Waals surface area contributed by atoms with Gasteiger partial charge in [0, 0.05) is 17.3 Å². The summed E-state index contributed by atoms with van der Waals surface area (Å²) in [6.45, 7) is 4.99. The number of nitrogens with zero attached hydrogens (tertiary/aromatic N) is 1. The van der Waals surface area contributed by atoms with Crippen LogP contribution in [0.5, 0.6) is 0 Å². The highest BCUT2D eigenvalue weighted by molar-refractivity contribution is 7.99. The fraction of sp³-hybridized carbons (Fsp3) is 1.00. The molecule has 0 aromatic heterocycles. The molecule has 0 radical (unpaired) electrons. The normalized spacial score (nSPS) is 33.5. The minimum Gasteiger partial charge on any atom is -0.311 e. The van der Waals surface area contributed by atoms with Crippen molar-refractivity contribution in [3.05, 3.63) is 0 Å². The second-order valence-electron chi connectivity index (χ2n) is 6.31. The molecule has 1 aliphatic carbocycles. The van der Waals surface area contributed by atoms with Gasteiger partial charge in [0.25, 0.3) is 0 Å². The second kappa shape index (κ2) is 7.16. The zero-order valence-corrected chi connectivity index (χ0v) is 13.1. The van der Waals surface area contributed by atoms with Crippen LogP contribution in [0.1, 0.15) is 45.4 Å². The molecule has 106 valence electrons. The van der Waals surface area contributed by atoms with Crippen LogP contribution < -0.4 is 5.32 Å². The third kappa shape index (κ3) is 4.14. The van der Waals surface area contributed by atoms with E-state index in [4.69, 9.17) is 0 Å². The molecule has 1 heterocycles. The van der Waals surface area contributed by atoms with E-state index in [1.165, 1.54) is 51.6 Å². The summed E-state index contributed by atoms with van der Waals surface area (Å²) in [7, 11) is 2.25. The van der Waals surface area contributed by atoms with Gasteiger partial charge in [0.05, 0.1) is 0 Å². The molecule has 2 nitrogen and oxygen atoms in total. The molecule has 1 N–H and O–H groups in total. The Morgan fingerprint density at radius 3 is 2.22 bits per heavy atom. The van der Waals surface area contributed by atoms with E-state index >= 15 is 0 Å². The lowest BCUT2D eigenvalue weighted by atomic mass is 9.88. The third-order valence-corrected chi connectivity index (χ3v) is 6.11. The smallest absolute Gasteiger partial charge is 0.00705 e. The van der Waals surface area contributed by atoms with Crippen LogP contribution in [-0.4, -0.2) is 48.6 Å². The lowest BCUT2D eigenvalue weighted by Crippen LogP contribution is -2.46. The fourth-order valence-corrected chi connectivity index (χ4v) is 4.25. The van der Waals surface area contributed by atoms with Crippen molar-refractivity contribution in [1.29, 1.82) is 0 Å². The quantitative estimate of drug-likeness (QED) is 0.845. The molecule has 2 fully saturated rings. The minimum atomic E-state index is 0.717. The zero-order chi connectivity index (χ0) is 13.0.